The van der Waals surface area contributed by atoms with Crippen molar-refractivity contribution in [3.8, 4) is 0 Å². The van der Waals surface area contributed by atoms with Crippen LogP contribution in [0.15, 0.2) is 18.2 Å². The first-order chi connectivity index (χ1) is 10.1. The van der Waals surface area contributed by atoms with E-state index in [0.29, 0.717) is 6.42 Å². The summed E-state index contributed by atoms with van der Waals surface area (Å²) >= 11 is 7.32. The lowest BCUT2D eigenvalue weighted by atomic mass is 9.77. The first-order valence-electron chi connectivity index (χ1n) is 7.05. The Kier molecular flexibility index (Phi) is 4.04. The van der Waals surface area contributed by atoms with Crippen LogP contribution >= 0.6 is 22.9 Å². The number of carbonyl (C=O) groups is 2. The van der Waals surface area contributed by atoms with Crippen molar-refractivity contribution in [3.63, 3.8) is 0 Å². The van der Waals surface area contributed by atoms with Crippen LogP contribution in [0.3, 0.4) is 0 Å². The molecular formula is C15H17ClN2O2S. The summed E-state index contributed by atoms with van der Waals surface area (Å²) in [6.07, 6.45) is 5.83. The fourth-order valence-corrected chi connectivity index (χ4v) is 3.95. The summed E-state index contributed by atoms with van der Waals surface area (Å²) in [7, 11) is 0. The zero-order valence-electron chi connectivity index (χ0n) is 11.6. The molecule has 1 spiro atoms. The smallest absolute Gasteiger partial charge is 0.246 e. The van der Waals surface area contributed by atoms with Crippen LogP contribution in [0.25, 0.3) is 6.08 Å². The second-order valence-corrected chi connectivity index (χ2v) is 7.50. The van der Waals surface area contributed by atoms with Gasteiger partial charge in [0.15, 0.2) is 0 Å². The number of nitrogens with one attached hydrogen (secondary N) is 1. The molecule has 0 aliphatic carbocycles. The van der Waals surface area contributed by atoms with E-state index in [9.17, 15) is 9.59 Å². The van der Waals surface area contributed by atoms with Gasteiger partial charge in [-0.05, 0) is 36.5 Å². The minimum absolute atomic E-state index is 0.0339. The molecule has 2 aliphatic rings. The molecule has 1 aromatic heterocycles. The second kappa shape index (κ2) is 5.81. The maximum Gasteiger partial charge on any atom is 0.246 e. The highest BCUT2D eigenvalue weighted by Crippen LogP contribution is 2.37. The van der Waals surface area contributed by atoms with Gasteiger partial charge in [-0.2, -0.15) is 0 Å². The number of nitrogens with zero attached hydrogens (tertiary/aromatic N) is 1. The maximum absolute atomic E-state index is 12.2. The van der Waals surface area contributed by atoms with Gasteiger partial charge >= 0.3 is 0 Å². The van der Waals surface area contributed by atoms with Crippen LogP contribution in [0.4, 0.5) is 0 Å². The van der Waals surface area contributed by atoms with Gasteiger partial charge in [0.05, 0.1) is 4.34 Å². The lowest BCUT2D eigenvalue weighted by Gasteiger charge is -2.37. The largest absolute Gasteiger partial charge is 0.356 e. The van der Waals surface area contributed by atoms with E-state index in [1.54, 1.807) is 6.08 Å². The van der Waals surface area contributed by atoms with E-state index >= 15 is 0 Å². The lowest BCUT2D eigenvalue weighted by molar-refractivity contribution is -0.128. The normalized spacial score (nSPS) is 21.2. The average Bonchev–Trinajstić information content (AvgIpc) is 3.04. The van der Waals surface area contributed by atoms with E-state index in [4.69, 9.17) is 11.6 Å². The molecule has 2 fully saturated rings. The predicted molar refractivity (Wildman–Crippen MR) is 84.2 cm³/mol. The Balaban J connectivity index is 1.55. The van der Waals surface area contributed by atoms with Gasteiger partial charge in [-0.15, -0.1) is 11.3 Å². The fraction of sp³-hybridized carbons (Fsp3) is 0.467. The number of hydrogen-bond acceptors (Lipinski definition) is 3. The highest BCUT2D eigenvalue weighted by Gasteiger charge is 2.41. The summed E-state index contributed by atoms with van der Waals surface area (Å²) in [4.78, 5) is 26.4. The van der Waals surface area contributed by atoms with Gasteiger partial charge in [0.25, 0.3) is 0 Å². The average molecular weight is 325 g/mol. The van der Waals surface area contributed by atoms with Crippen LogP contribution in [0, 0.1) is 5.41 Å². The summed E-state index contributed by atoms with van der Waals surface area (Å²) in [6.45, 7) is 2.21. The number of thiophene rings is 1. The number of halogens is 1. The number of piperidine rings is 1. The Bertz CT molecular complexity index is 588. The molecule has 0 bridgehead atoms. The third-order valence-corrected chi connectivity index (χ3v) is 5.51. The minimum Gasteiger partial charge on any atom is -0.356 e. The maximum atomic E-state index is 12.2. The number of carbonyl (C=O) groups excluding carboxylic acids is 2. The summed E-state index contributed by atoms with van der Waals surface area (Å²) in [5, 5.41) is 2.91. The molecule has 2 saturated heterocycles. The SMILES string of the molecule is O=C1CC2(CCN(C(=O)C=Cc3ccc(Cl)s3)CC2)CN1. The fourth-order valence-electron chi connectivity index (χ4n) is 2.98. The zero-order chi connectivity index (χ0) is 14.9. The second-order valence-electron chi connectivity index (χ2n) is 5.75. The van der Waals surface area contributed by atoms with E-state index < -0.39 is 0 Å². The quantitative estimate of drug-likeness (QED) is 0.850. The molecule has 21 heavy (non-hydrogen) atoms. The van der Waals surface area contributed by atoms with Crippen LogP contribution in [0.1, 0.15) is 24.1 Å². The molecule has 0 radical (unpaired) electrons. The molecule has 3 rings (SSSR count). The zero-order valence-corrected chi connectivity index (χ0v) is 13.2. The van der Waals surface area contributed by atoms with Crippen molar-refractivity contribution in [2.45, 2.75) is 19.3 Å². The van der Waals surface area contributed by atoms with E-state index in [1.165, 1.54) is 11.3 Å². The Morgan fingerprint density at radius 1 is 1.38 bits per heavy atom. The molecule has 112 valence electrons. The van der Waals surface area contributed by atoms with Crippen LogP contribution in [0.2, 0.25) is 4.34 Å². The van der Waals surface area contributed by atoms with Gasteiger partial charge < -0.3 is 10.2 Å². The molecule has 0 saturated carbocycles. The van der Waals surface area contributed by atoms with Crippen molar-refractivity contribution in [2.75, 3.05) is 19.6 Å². The Morgan fingerprint density at radius 2 is 2.14 bits per heavy atom. The summed E-state index contributed by atoms with van der Waals surface area (Å²) < 4.78 is 0.723. The number of likely N-dealkylation sites (tertiary alicyclic amines) is 1. The molecular weight excluding hydrogens is 308 g/mol. The van der Waals surface area contributed by atoms with Crippen LogP contribution in [-0.4, -0.2) is 36.3 Å². The molecule has 0 aromatic carbocycles. The van der Waals surface area contributed by atoms with Crippen LogP contribution in [-0.2, 0) is 9.59 Å². The summed E-state index contributed by atoms with van der Waals surface area (Å²) in [5.74, 6) is 0.177. The van der Waals surface area contributed by atoms with Gasteiger partial charge in [0, 0.05) is 37.0 Å². The molecule has 0 unspecified atom stereocenters. The highest BCUT2D eigenvalue weighted by atomic mass is 35.5. The third kappa shape index (κ3) is 3.30. The van der Waals surface area contributed by atoms with E-state index in [-0.39, 0.29) is 17.2 Å². The Labute approximate surface area is 132 Å². The number of amides is 2. The standard InChI is InChI=1S/C15H17ClN2O2S/c16-12-3-1-11(21-12)2-4-14(20)18-7-5-15(6-8-18)9-13(19)17-10-15/h1-4H,5-10H2,(H,17,19). The number of hydrogen-bond donors (Lipinski definition) is 1. The first-order valence-corrected chi connectivity index (χ1v) is 8.25. The van der Waals surface area contributed by atoms with Crippen LogP contribution < -0.4 is 5.32 Å². The van der Waals surface area contributed by atoms with Crippen molar-refractivity contribution in [1.82, 2.24) is 10.2 Å². The lowest BCUT2D eigenvalue weighted by Crippen LogP contribution is -2.43. The summed E-state index contributed by atoms with van der Waals surface area (Å²) in [6, 6.07) is 3.73. The van der Waals surface area contributed by atoms with Crippen molar-refractivity contribution < 1.29 is 9.59 Å². The van der Waals surface area contributed by atoms with E-state index in [1.807, 2.05) is 23.1 Å². The van der Waals surface area contributed by atoms with Gasteiger partial charge in [0.2, 0.25) is 11.8 Å². The molecule has 3 heterocycles. The Morgan fingerprint density at radius 3 is 2.71 bits per heavy atom. The minimum atomic E-state index is 0.0339. The van der Waals surface area contributed by atoms with Crippen molar-refractivity contribution in [1.29, 1.82) is 0 Å². The molecule has 1 aromatic rings. The predicted octanol–water partition coefficient (Wildman–Crippen LogP) is 2.54. The topological polar surface area (TPSA) is 49.4 Å². The molecule has 1 N–H and O–H groups in total. The molecule has 0 atom stereocenters. The van der Waals surface area contributed by atoms with E-state index in [0.717, 1.165) is 41.7 Å². The van der Waals surface area contributed by atoms with Gasteiger partial charge in [-0.25, -0.2) is 0 Å². The molecule has 2 aliphatic heterocycles. The molecule has 2 amide bonds. The molecule has 6 heteroatoms. The molecule has 4 nitrogen and oxygen atoms in total. The van der Waals surface area contributed by atoms with E-state index in [2.05, 4.69) is 5.32 Å². The van der Waals surface area contributed by atoms with Crippen molar-refractivity contribution in [2.24, 2.45) is 5.41 Å². The van der Waals surface area contributed by atoms with Gasteiger partial charge in [0.1, 0.15) is 0 Å². The number of rotatable bonds is 2. The van der Waals surface area contributed by atoms with Crippen molar-refractivity contribution >= 4 is 40.8 Å². The third-order valence-electron chi connectivity index (χ3n) is 4.32. The highest BCUT2D eigenvalue weighted by molar-refractivity contribution is 7.17. The van der Waals surface area contributed by atoms with Gasteiger partial charge in [-0.1, -0.05) is 11.6 Å². The van der Waals surface area contributed by atoms with Crippen LogP contribution in [0.5, 0.6) is 0 Å². The Hall–Kier alpha value is -1.33. The van der Waals surface area contributed by atoms with Gasteiger partial charge in [-0.3, -0.25) is 9.59 Å². The first kappa shape index (κ1) is 14.6. The monoisotopic (exact) mass is 324 g/mol. The van der Waals surface area contributed by atoms with Crippen molar-refractivity contribution in [3.05, 3.63) is 27.4 Å². The summed E-state index contributed by atoms with van der Waals surface area (Å²) in [5.41, 5.74) is 0.0822.